The van der Waals surface area contributed by atoms with Crippen LogP contribution in [-0.4, -0.2) is 28.0 Å². The maximum Gasteiger partial charge on any atom is 0.407 e. The number of aromatic nitrogens is 2. The number of halogens is 1. The molecule has 0 aliphatic heterocycles. The van der Waals surface area contributed by atoms with Crippen molar-refractivity contribution >= 4 is 34.4 Å². The van der Waals surface area contributed by atoms with E-state index in [1.807, 2.05) is 0 Å². The molecule has 2 amide bonds. The summed E-state index contributed by atoms with van der Waals surface area (Å²) >= 11 is 5.88. The van der Waals surface area contributed by atoms with E-state index in [9.17, 15) is 14.4 Å². The van der Waals surface area contributed by atoms with Gasteiger partial charge in [0.05, 0.1) is 24.0 Å². The molecule has 0 atom stereocenters. The van der Waals surface area contributed by atoms with E-state index in [1.54, 1.807) is 48.5 Å². The third kappa shape index (κ3) is 5.90. The summed E-state index contributed by atoms with van der Waals surface area (Å²) in [5.74, 6) is -0.405. The molecule has 0 unspecified atom stereocenters. The van der Waals surface area contributed by atoms with Crippen LogP contribution in [0.25, 0.3) is 10.8 Å². The van der Waals surface area contributed by atoms with Crippen LogP contribution in [0.4, 0.5) is 4.79 Å². The topological polar surface area (TPSA) is 102 Å². The summed E-state index contributed by atoms with van der Waals surface area (Å²) in [4.78, 5) is 38.6. The van der Waals surface area contributed by atoms with Crippen LogP contribution in [0.3, 0.4) is 0 Å². The molecule has 1 aliphatic carbocycles. The second kappa shape index (κ2) is 10.5. The van der Waals surface area contributed by atoms with Crippen LogP contribution in [0.1, 0.15) is 43.4 Å². The maximum atomic E-state index is 12.9. The van der Waals surface area contributed by atoms with Crippen molar-refractivity contribution in [3.63, 3.8) is 0 Å². The molecule has 33 heavy (non-hydrogen) atoms. The van der Waals surface area contributed by atoms with Crippen LogP contribution in [0.2, 0.25) is 5.02 Å². The summed E-state index contributed by atoms with van der Waals surface area (Å²) < 4.78 is 5.49. The Morgan fingerprint density at radius 3 is 2.45 bits per heavy atom. The van der Waals surface area contributed by atoms with Crippen LogP contribution >= 0.6 is 11.6 Å². The molecular formula is C24H25ClN4O4. The first kappa shape index (κ1) is 22.8. The van der Waals surface area contributed by atoms with E-state index in [1.165, 1.54) is 6.42 Å². The van der Waals surface area contributed by atoms with Crippen LogP contribution in [0.5, 0.6) is 0 Å². The van der Waals surface area contributed by atoms with Gasteiger partial charge in [-0.1, -0.05) is 48.4 Å². The predicted octanol–water partition coefficient (Wildman–Crippen LogP) is 3.92. The number of rotatable bonds is 6. The molecule has 1 heterocycles. The Morgan fingerprint density at radius 2 is 1.73 bits per heavy atom. The number of amides is 2. The Balaban J connectivity index is 1.49. The van der Waals surface area contributed by atoms with Gasteiger partial charge in [0.15, 0.2) is 0 Å². The summed E-state index contributed by atoms with van der Waals surface area (Å²) in [5.41, 5.74) is 3.27. The van der Waals surface area contributed by atoms with Gasteiger partial charge in [0.25, 0.3) is 5.56 Å². The first-order chi connectivity index (χ1) is 16.0. The molecule has 1 saturated carbocycles. The summed E-state index contributed by atoms with van der Waals surface area (Å²) in [6, 6.07) is 13.8. The van der Waals surface area contributed by atoms with Crippen molar-refractivity contribution in [1.82, 2.24) is 15.2 Å². The first-order valence-electron chi connectivity index (χ1n) is 11.0. The molecule has 1 aromatic heterocycles. The van der Waals surface area contributed by atoms with E-state index < -0.39 is 17.6 Å². The number of carbonyl (C=O) groups excluding carboxylic acids is 2. The Hall–Kier alpha value is -3.39. The fourth-order valence-corrected chi connectivity index (χ4v) is 4.06. The highest BCUT2D eigenvalue weighted by Gasteiger charge is 2.18. The van der Waals surface area contributed by atoms with Gasteiger partial charge in [0.1, 0.15) is 6.10 Å². The molecule has 0 radical (unpaired) electrons. The molecule has 2 N–H and O–H groups in total. The van der Waals surface area contributed by atoms with Crippen LogP contribution in [0, 0.1) is 0 Å². The lowest BCUT2D eigenvalue weighted by molar-refractivity contribution is -0.116. The van der Waals surface area contributed by atoms with Crippen molar-refractivity contribution in [1.29, 1.82) is 0 Å². The average molecular weight is 469 g/mol. The number of nitrogens with zero attached hydrogens (tertiary/aromatic N) is 2. The Bertz CT molecular complexity index is 1200. The van der Waals surface area contributed by atoms with Gasteiger partial charge in [-0.2, -0.15) is 5.10 Å². The number of nitrogens with one attached hydrogen (secondary N) is 2. The standard InChI is InChI=1S/C24H25ClN4O4/c25-17-12-10-16(11-13-17)14-22(30)28-29-23(31)20-9-5-4-8-19(20)21(27-29)15-26-24(32)33-18-6-2-1-3-7-18/h4-5,8-13,18H,1-3,6-7,14-15H2,(H,26,32)(H,28,30). The molecule has 172 valence electrons. The third-order valence-electron chi connectivity index (χ3n) is 5.62. The van der Waals surface area contributed by atoms with Gasteiger partial charge in [-0.25, -0.2) is 10.2 Å². The van der Waals surface area contributed by atoms with Gasteiger partial charge in [-0.3, -0.25) is 9.59 Å². The number of hydrogen-bond donors (Lipinski definition) is 2. The van der Waals surface area contributed by atoms with E-state index in [2.05, 4.69) is 15.8 Å². The van der Waals surface area contributed by atoms with Gasteiger partial charge in [-0.15, -0.1) is 4.79 Å². The van der Waals surface area contributed by atoms with Gasteiger partial charge in [0.2, 0.25) is 5.91 Å². The van der Waals surface area contributed by atoms with E-state index in [-0.39, 0.29) is 19.1 Å². The minimum atomic E-state index is -0.516. The average Bonchev–Trinajstić information content (AvgIpc) is 2.82. The van der Waals surface area contributed by atoms with E-state index in [4.69, 9.17) is 16.3 Å². The summed E-state index contributed by atoms with van der Waals surface area (Å²) in [5, 5.41) is 8.58. The maximum absolute atomic E-state index is 12.9. The first-order valence-corrected chi connectivity index (χ1v) is 11.4. The highest BCUT2D eigenvalue weighted by molar-refractivity contribution is 6.30. The number of hydrogen-bond acceptors (Lipinski definition) is 5. The summed E-state index contributed by atoms with van der Waals surface area (Å²) in [6.45, 7) is 0.0550. The summed E-state index contributed by atoms with van der Waals surface area (Å²) in [6.07, 6.45) is 4.51. The van der Waals surface area contributed by atoms with Gasteiger partial charge < -0.3 is 10.1 Å². The van der Waals surface area contributed by atoms with Crippen molar-refractivity contribution in [3.05, 3.63) is 75.2 Å². The number of alkyl carbamates (subject to hydrolysis) is 1. The molecule has 0 saturated heterocycles. The zero-order chi connectivity index (χ0) is 23.2. The SMILES string of the molecule is O=C(Cc1ccc(Cl)cc1)Nn1nc(CNC(=O)OC2CCCCC2)c2ccccc2c1=O. The molecule has 1 fully saturated rings. The highest BCUT2D eigenvalue weighted by atomic mass is 35.5. The van der Waals surface area contributed by atoms with Gasteiger partial charge in [0, 0.05) is 10.4 Å². The highest BCUT2D eigenvalue weighted by Crippen LogP contribution is 2.20. The van der Waals surface area contributed by atoms with Crippen molar-refractivity contribution in [2.75, 3.05) is 5.43 Å². The second-order valence-corrected chi connectivity index (χ2v) is 8.50. The smallest absolute Gasteiger partial charge is 0.407 e. The number of carbonyl (C=O) groups is 2. The van der Waals surface area contributed by atoms with Crippen LogP contribution < -0.4 is 16.3 Å². The second-order valence-electron chi connectivity index (χ2n) is 8.07. The van der Waals surface area contributed by atoms with Crippen molar-refractivity contribution in [2.45, 2.75) is 51.2 Å². The van der Waals surface area contributed by atoms with Crippen LogP contribution in [-0.2, 0) is 22.5 Å². The van der Waals surface area contributed by atoms with Gasteiger partial charge in [-0.05, 0) is 49.4 Å². The molecule has 2 aromatic carbocycles. The lowest BCUT2D eigenvalue weighted by Gasteiger charge is -2.22. The minimum absolute atomic E-state index is 0.0550. The normalized spacial score (nSPS) is 14.1. The minimum Gasteiger partial charge on any atom is -0.446 e. The fourth-order valence-electron chi connectivity index (χ4n) is 3.94. The van der Waals surface area contributed by atoms with Crippen molar-refractivity contribution in [2.24, 2.45) is 0 Å². The number of ether oxygens (including phenoxy) is 1. The van der Waals surface area contributed by atoms with Crippen molar-refractivity contribution < 1.29 is 14.3 Å². The van der Waals surface area contributed by atoms with Crippen molar-refractivity contribution in [3.8, 4) is 0 Å². The quantitative estimate of drug-likeness (QED) is 0.570. The summed E-state index contributed by atoms with van der Waals surface area (Å²) in [7, 11) is 0. The zero-order valence-electron chi connectivity index (χ0n) is 18.1. The lowest BCUT2D eigenvalue weighted by Crippen LogP contribution is -2.37. The Kier molecular flexibility index (Phi) is 7.24. The molecular weight excluding hydrogens is 444 g/mol. The molecule has 1 aliphatic rings. The van der Waals surface area contributed by atoms with Crippen LogP contribution in [0.15, 0.2) is 53.3 Å². The fraction of sp³-hybridized carbons (Fsp3) is 0.333. The molecule has 8 nitrogen and oxygen atoms in total. The monoisotopic (exact) mass is 468 g/mol. The zero-order valence-corrected chi connectivity index (χ0v) is 18.8. The van der Waals surface area contributed by atoms with E-state index in [0.717, 1.165) is 36.0 Å². The lowest BCUT2D eigenvalue weighted by atomic mass is 9.98. The predicted molar refractivity (Wildman–Crippen MR) is 126 cm³/mol. The molecule has 3 aromatic rings. The molecule has 4 rings (SSSR count). The Morgan fingerprint density at radius 1 is 1.03 bits per heavy atom. The third-order valence-corrected chi connectivity index (χ3v) is 5.87. The molecule has 0 spiro atoms. The number of benzene rings is 2. The van der Waals surface area contributed by atoms with E-state index >= 15 is 0 Å². The number of fused-ring (bicyclic) bond motifs is 1. The Labute approximate surface area is 195 Å². The molecule has 0 bridgehead atoms. The molecule has 9 heteroatoms. The van der Waals surface area contributed by atoms with E-state index in [0.29, 0.717) is 21.5 Å². The largest absolute Gasteiger partial charge is 0.446 e. The van der Waals surface area contributed by atoms with Gasteiger partial charge >= 0.3 is 6.09 Å².